The molecule has 0 atom stereocenters. The number of hydrogen-bond acceptors (Lipinski definition) is 4. The first-order valence-electron chi connectivity index (χ1n) is 1.71. The van der Waals surface area contributed by atoms with E-state index in [0.29, 0.717) is 0 Å². The van der Waals surface area contributed by atoms with Gasteiger partial charge in [-0.25, -0.2) is 4.79 Å². The zero-order valence-corrected chi connectivity index (χ0v) is 4.50. The van der Waals surface area contributed by atoms with E-state index in [1.54, 1.807) is 0 Å². The van der Waals surface area contributed by atoms with Gasteiger partial charge < -0.3 is 4.74 Å². The fraction of sp³-hybridized carbons (Fsp3) is 0.400. The minimum Gasteiger partial charge on any atom is -0.466 e. The van der Waals surface area contributed by atoms with Crippen LogP contribution in [0.4, 0.5) is 0 Å². The van der Waals surface area contributed by atoms with Gasteiger partial charge in [0.25, 0.3) is 0 Å². The highest BCUT2D eigenvalue weighted by atomic mass is 17.0. The van der Waals surface area contributed by atoms with Crippen LogP contribution in [0.25, 0.3) is 0 Å². The van der Waals surface area contributed by atoms with Gasteiger partial charge in [-0.3, -0.25) is 10.5 Å². The zero-order valence-electron chi connectivity index (χ0n) is 4.50. The van der Waals surface area contributed by atoms with Crippen LogP contribution in [0, 0.1) is 0 Å². The van der Waals surface area contributed by atoms with E-state index in [2.05, 4.69) is 11.3 Å². The lowest BCUT2D eigenvalue weighted by molar-refractivity contribution is -0.176. The summed E-state index contributed by atoms with van der Waals surface area (Å²) >= 11 is 0. The molecule has 4 heteroatoms. The van der Waals surface area contributed by atoms with Crippen LogP contribution < -0.4 is 0 Å². The van der Waals surface area contributed by atoms with E-state index in [4.69, 9.17) is 10.5 Å². The Kier molecular flexibility index (Phi) is 27.4. The van der Waals surface area contributed by atoms with Crippen LogP contribution in [0.1, 0.15) is 7.43 Å². The summed E-state index contributed by atoms with van der Waals surface area (Å²) in [5.41, 5.74) is 0. The first kappa shape index (κ1) is 15.7. The zero-order chi connectivity index (χ0) is 6.99. The van der Waals surface area contributed by atoms with Crippen molar-refractivity contribution in [2.45, 2.75) is 7.43 Å². The van der Waals surface area contributed by atoms with E-state index in [0.717, 1.165) is 6.08 Å². The van der Waals surface area contributed by atoms with Crippen molar-refractivity contribution in [1.82, 2.24) is 0 Å². The largest absolute Gasteiger partial charge is 0.466 e. The van der Waals surface area contributed by atoms with Gasteiger partial charge in [-0.05, 0) is 0 Å². The number of methoxy groups -OCH3 is 1. The van der Waals surface area contributed by atoms with Crippen molar-refractivity contribution in [3.63, 3.8) is 0 Å². The standard InChI is InChI=1S/C4H6O2.CH4.H2O2/c1-3-4(5)6-2;;1-2/h3H,1H2,2H3;1H4;1-2H. The topological polar surface area (TPSA) is 66.8 Å². The van der Waals surface area contributed by atoms with Gasteiger partial charge in [-0.1, -0.05) is 14.0 Å². The maximum Gasteiger partial charge on any atom is 0.329 e. The quantitative estimate of drug-likeness (QED) is 0.244. The smallest absolute Gasteiger partial charge is 0.329 e. The Labute approximate surface area is 54.3 Å². The second kappa shape index (κ2) is 15.7. The summed E-state index contributed by atoms with van der Waals surface area (Å²) in [5.74, 6) is -0.394. The number of esters is 1. The molecule has 0 aliphatic carbocycles. The van der Waals surface area contributed by atoms with Gasteiger partial charge in [0.2, 0.25) is 0 Å². The molecule has 0 amide bonds. The average Bonchev–Trinajstić information content (AvgIpc) is 1.91. The Morgan fingerprint density at radius 3 is 2.00 bits per heavy atom. The number of hydrogen-bond donors (Lipinski definition) is 2. The van der Waals surface area contributed by atoms with E-state index in [1.165, 1.54) is 7.11 Å². The summed E-state index contributed by atoms with van der Waals surface area (Å²) in [6.07, 6.45) is 1.11. The second-order valence-corrected chi connectivity index (χ2v) is 0.727. The molecule has 2 N–H and O–H groups in total. The van der Waals surface area contributed by atoms with Crippen LogP contribution >= 0.6 is 0 Å². The van der Waals surface area contributed by atoms with Crippen LogP contribution in [0.2, 0.25) is 0 Å². The second-order valence-electron chi connectivity index (χ2n) is 0.727. The molecule has 0 aromatic rings. The van der Waals surface area contributed by atoms with Crippen molar-refractivity contribution < 1.29 is 20.0 Å². The highest BCUT2D eigenvalue weighted by molar-refractivity contribution is 5.80. The molecule has 0 aromatic carbocycles. The van der Waals surface area contributed by atoms with Gasteiger partial charge in [0.1, 0.15) is 0 Å². The summed E-state index contributed by atoms with van der Waals surface area (Å²) in [7, 11) is 1.31. The van der Waals surface area contributed by atoms with Gasteiger partial charge in [0.15, 0.2) is 0 Å². The molecular weight excluding hydrogens is 124 g/mol. The lowest BCUT2D eigenvalue weighted by Crippen LogP contribution is -1.91. The molecule has 0 heterocycles. The van der Waals surface area contributed by atoms with Gasteiger partial charge in [0, 0.05) is 6.08 Å². The molecular formula is C5H12O4. The molecule has 0 saturated carbocycles. The van der Waals surface area contributed by atoms with Crippen molar-refractivity contribution in [2.75, 3.05) is 7.11 Å². The van der Waals surface area contributed by atoms with Crippen LogP contribution in [0.5, 0.6) is 0 Å². The monoisotopic (exact) mass is 136 g/mol. The minimum atomic E-state index is -0.394. The summed E-state index contributed by atoms with van der Waals surface area (Å²) in [6.45, 7) is 3.16. The predicted molar refractivity (Wildman–Crippen MR) is 34.2 cm³/mol. The van der Waals surface area contributed by atoms with Crippen LogP contribution in [-0.4, -0.2) is 23.6 Å². The molecule has 0 aliphatic rings. The lowest BCUT2D eigenvalue weighted by Gasteiger charge is -1.83. The van der Waals surface area contributed by atoms with E-state index in [1.807, 2.05) is 0 Å². The molecule has 0 saturated heterocycles. The third-order valence-electron chi connectivity index (χ3n) is 0.368. The highest BCUT2D eigenvalue weighted by Gasteiger charge is 1.81. The molecule has 0 aromatic heterocycles. The van der Waals surface area contributed by atoms with Gasteiger partial charge in [-0.15, -0.1) is 0 Å². The van der Waals surface area contributed by atoms with E-state index < -0.39 is 5.97 Å². The molecule has 4 nitrogen and oxygen atoms in total. The Balaban J connectivity index is -0.000000109. The fourth-order valence-corrected chi connectivity index (χ4v) is 0.0833. The average molecular weight is 136 g/mol. The van der Waals surface area contributed by atoms with Gasteiger partial charge >= 0.3 is 5.97 Å². The molecule has 0 unspecified atom stereocenters. The van der Waals surface area contributed by atoms with Crippen LogP contribution in [-0.2, 0) is 9.53 Å². The Bertz CT molecular complexity index is 69.4. The molecule has 0 fully saturated rings. The molecule has 0 aliphatic heterocycles. The summed E-state index contributed by atoms with van der Waals surface area (Å²) in [5, 5.41) is 12.0. The third-order valence-corrected chi connectivity index (χ3v) is 0.368. The summed E-state index contributed by atoms with van der Waals surface area (Å²) in [4.78, 5) is 9.84. The molecule has 9 heavy (non-hydrogen) atoms. The maximum atomic E-state index is 9.84. The molecule has 0 bridgehead atoms. The Hall–Kier alpha value is -0.870. The normalized spacial score (nSPS) is 5.22. The first-order chi connectivity index (χ1) is 3.81. The Morgan fingerprint density at radius 1 is 1.67 bits per heavy atom. The van der Waals surface area contributed by atoms with Crippen LogP contribution in [0.15, 0.2) is 12.7 Å². The summed E-state index contributed by atoms with van der Waals surface area (Å²) < 4.78 is 4.14. The molecule has 0 spiro atoms. The minimum absolute atomic E-state index is 0. The SMILES string of the molecule is C.C=CC(=O)OC.OO. The maximum absolute atomic E-state index is 9.84. The van der Waals surface area contributed by atoms with Crippen LogP contribution in [0.3, 0.4) is 0 Å². The van der Waals surface area contributed by atoms with E-state index in [-0.39, 0.29) is 7.43 Å². The number of carbonyl (C=O) groups is 1. The van der Waals surface area contributed by atoms with E-state index >= 15 is 0 Å². The number of carbonyl (C=O) groups excluding carboxylic acids is 1. The number of rotatable bonds is 1. The number of ether oxygens (including phenoxy) is 1. The third kappa shape index (κ3) is 19.2. The van der Waals surface area contributed by atoms with E-state index in [9.17, 15) is 4.79 Å². The first-order valence-corrected chi connectivity index (χ1v) is 1.71. The lowest BCUT2D eigenvalue weighted by atomic mass is 10.7. The van der Waals surface area contributed by atoms with Crippen molar-refractivity contribution >= 4 is 5.97 Å². The highest BCUT2D eigenvalue weighted by Crippen LogP contribution is 1.67. The fourth-order valence-electron chi connectivity index (χ4n) is 0.0833. The van der Waals surface area contributed by atoms with Gasteiger partial charge in [0.05, 0.1) is 7.11 Å². The predicted octanol–water partition coefficient (Wildman–Crippen LogP) is 0.999. The summed E-state index contributed by atoms with van der Waals surface area (Å²) in [6, 6.07) is 0. The van der Waals surface area contributed by atoms with Crippen molar-refractivity contribution in [1.29, 1.82) is 0 Å². The molecule has 0 rings (SSSR count). The van der Waals surface area contributed by atoms with Gasteiger partial charge in [-0.2, -0.15) is 0 Å². The van der Waals surface area contributed by atoms with Crippen molar-refractivity contribution in [3.05, 3.63) is 12.7 Å². The molecule has 0 radical (unpaired) electrons. The van der Waals surface area contributed by atoms with Crippen molar-refractivity contribution in [3.8, 4) is 0 Å². The molecule has 56 valence electrons. The van der Waals surface area contributed by atoms with Crippen molar-refractivity contribution in [2.24, 2.45) is 0 Å². The Morgan fingerprint density at radius 2 is 2.00 bits per heavy atom.